The topological polar surface area (TPSA) is 38.3 Å². The minimum atomic E-state index is -0.128. The number of ether oxygens (including phenoxy) is 1. The van der Waals surface area contributed by atoms with Crippen molar-refractivity contribution in [2.24, 2.45) is 0 Å². The highest BCUT2D eigenvalue weighted by Crippen LogP contribution is 2.16. The summed E-state index contributed by atoms with van der Waals surface area (Å²) in [5.74, 6) is -0.128. The summed E-state index contributed by atoms with van der Waals surface area (Å²) >= 11 is 0. The van der Waals surface area contributed by atoms with Crippen molar-refractivity contribution in [1.29, 1.82) is 0 Å². The lowest BCUT2D eigenvalue weighted by Gasteiger charge is -2.15. The highest BCUT2D eigenvalue weighted by Gasteiger charge is 2.12. The highest BCUT2D eigenvalue weighted by molar-refractivity contribution is 5.71. The van der Waals surface area contributed by atoms with Crippen molar-refractivity contribution in [3.05, 3.63) is 0 Å². The molecule has 0 spiro atoms. The molecule has 0 aliphatic heterocycles. The Kier molecular flexibility index (Phi) is 5.60. The molecule has 0 aromatic carbocycles. The molecule has 3 nitrogen and oxygen atoms in total. The summed E-state index contributed by atoms with van der Waals surface area (Å²) in [5, 5.41) is 3.27. The minimum absolute atomic E-state index is 0.128. The van der Waals surface area contributed by atoms with Gasteiger partial charge in [0, 0.05) is 6.04 Å². The van der Waals surface area contributed by atoms with E-state index in [4.69, 9.17) is 4.74 Å². The van der Waals surface area contributed by atoms with Gasteiger partial charge in [-0.05, 0) is 19.8 Å². The number of rotatable bonds is 4. The van der Waals surface area contributed by atoms with Crippen LogP contribution in [0.15, 0.2) is 0 Å². The van der Waals surface area contributed by atoms with Crippen LogP contribution < -0.4 is 5.32 Å². The zero-order chi connectivity index (χ0) is 10.2. The SMILES string of the molecule is CCOC(=O)CNC1CCCCCC1. The molecule has 1 fully saturated rings. The summed E-state index contributed by atoms with van der Waals surface area (Å²) in [6.45, 7) is 2.69. The molecule has 0 aromatic heterocycles. The van der Waals surface area contributed by atoms with Gasteiger partial charge in [0.2, 0.25) is 0 Å². The zero-order valence-corrected chi connectivity index (χ0v) is 9.05. The van der Waals surface area contributed by atoms with Gasteiger partial charge in [-0.25, -0.2) is 0 Å². The first kappa shape index (κ1) is 11.5. The van der Waals surface area contributed by atoms with Crippen LogP contribution in [0.2, 0.25) is 0 Å². The number of nitrogens with one attached hydrogen (secondary N) is 1. The molecular formula is C11H21NO2. The first-order chi connectivity index (χ1) is 6.83. The Morgan fingerprint density at radius 1 is 1.29 bits per heavy atom. The summed E-state index contributed by atoms with van der Waals surface area (Å²) in [5.41, 5.74) is 0. The predicted octanol–water partition coefficient (Wildman–Crippen LogP) is 1.86. The Balaban J connectivity index is 2.12. The van der Waals surface area contributed by atoms with Crippen LogP contribution in [0.4, 0.5) is 0 Å². The van der Waals surface area contributed by atoms with E-state index in [1.54, 1.807) is 0 Å². The second-order valence-electron chi connectivity index (χ2n) is 3.87. The van der Waals surface area contributed by atoms with Gasteiger partial charge in [-0.2, -0.15) is 0 Å². The Morgan fingerprint density at radius 3 is 2.50 bits per heavy atom. The molecule has 1 aliphatic carbocycles. The second kappa shape index (κ2) is 6.82. The highest BCUT2D eigenvalue weighted by atomic mass is 16.5. The van der Waals surface area contributed by atoms with Crippen molar-refractivity contribution < 1.29 is 9.53 Å². The standard InChI is InChI=1S/C11H21NO2/c1-2-14-11(13)9-12-10-7-5-3-4-6-8-10/h10,12H,2-9H2,1H3. The van der Waals surface area contributed by atoms with Crippen molar-refractivity contribution >= 4 is 5.97 Å². The van der Waals surface area contributed by atoms with E-state index in [-0.39, 0.29) is 5.97 Å². The van der Waals surface area contributed by atoms with E-state index in [2.05, 4.69) is 5.32 Å². The van der Waals surface area contributed by atoms with E-state index in [9.17, 15) is 4.79 Å². The normalized spacial score (nSPS) is 18.9. The minimum Gasteiger partial charge on any atom is -0.465 e. The summed E-state index contributed by atoms with van der Waals surface area (Å²) in [6.07, 6.45) is 7.69. The maximum absolute atomic E-state index is 11.1. The maximum Gasteiger partial charge on any atom is 0.319 e. The van der Waals surface area contributed by atoms with E-state index in [1.165, 1.54) is 38.5 Å². The fraction of sp³-hybridized carbons (Fsp3) is 0.909. The fourth-order valence-electron chi connectivity index (χ4n) is 1.92. The van der Waals surface area contributed by atoms with Crippen molar-refractivity contribution in [3.63, 3.8) is 0 Å². The average Bonchev–Trinajstić information content (AvgIpc) is 2.43. The van der Waals surface area contributed by atoms with Crippen LogP contribution in [0.1, 0.15) is 45.4 Å². The summed E-state index contributed by atoms with van der Waals surface area (Å²) in [6, 6.07) is 0.530. The van der Waals surface area contributed by atoms with Gasteiger partial charge >= 0.3 is 5.97 Å². The lowest BCUT2D eigenvalue weighted by Crippen LogP contribution is -2.34. The van der Waals surface area contributed by atoms with Crippen molar-refractivity contribution in [2.45, 2.75) is 51.5 Å². The first-order valence-corrected chi connectivity index (χ1v) is 5.72. The van der Waals surface area contributed by atoms with Crippen LogP contribution in [0, 0.1) is 0 Å². The van der Waals surface area contributed by atoms with E-state index in [0.29, 0.717) is 19.2 Å². The van der Waals surface area contributed by atoms with Gasteiger partial charge in [0.1, 0.15) is 0 Å². The Labute approximate surface area is 86.2 Å². The molecule has 0 saturated heterocycles. The molecule has 0 aromatic rings. The van der Waals surface area contributed by atoms with E-state index in [0.717, 1.165) is 0 Å². The predicted molar refractivity (Wildman–Crippen MR) is 56.1 cm³/mol. The third kappa shape index (κ3) is 4.61. The van der Waals surface area contributed by atoms with Crippen molar-refractivity contribution in [3.8, 4) is 0 Å². The van der Waals surface area contributed by atoms with Gasteiger partial charge in [-0.3, -0.25) is 4.79 Å². The molecule has 0 unspecified atom stereocenters. The monoisotopic (exact) mass is 199 g/mol. The smallest absolute Gasteiger partial charge is 0.319 e. The van der Waals surface area contributed by atoms with Gasteiger partial charge in [-0.1, -0.05) is 25.7 Å². The molecule has 1 aliphatic rings. The maximum atomic E-state index is 11.1. The van der Waals surface area contributed by atoms with Crippen LogP contribution in [0.25, 0.3) is 0 Å². The Hall–Kier alpha value is -0.570. The molecule has 3 heteroatoms. The molecule has 1 rings (SSSR count). The third-order valence-electron chi connectivity index (χ3n) is 2.70. The lowest BCUT2D eigenvalue weighted by molar-refractivity contribution is -0.142. The second-order valence-corrected chi connectivity index (χ2v) is 3.87. The molecule has 0 heterocycles. The summed E-state index contributed by atoms with van der Waals surface area (Å²) in [7, 11) is 0. The number of esters is 1. The van der Waals surface area contributed by atoms with Gasteiger partial charge in [0.05, 0.1) is 13.2 Å². The van der Waals surface area contributed by atoms with Gasteiger partial charge in [0.25, 0.3) is 0 Å². The Morgan fingerprint density at radius 2 is 1.93 bits per heavy atom. The van der Waals surface area contributed by atoms with E-state index >= 15 is 0 Å². The fourth-order valence-corrected chi connectivity index (χ4v) is 1.92. The summed E-state index contributed by atoms with van der Waals surface area (Å²) in [4.78, 5) is 11.1. The van der Waals surface area contributed by atoms with Crippen LogP contribution in [-0.2, 0) is 9.53 Å². The number of hydrogen-bond acceptors (Lipinski definition) is 3. The van der Waals surface area contributed by atoms with Crippen LogP contribution in [0.5, 0.6) is 0 Å². The zero-order valence-electron chi connectivity index (χ0n) is 9.05. The van der Waals surface area contributed by atoms with E-state index in [1.807, 2.05) is 6.92 Å². The number of carbonyl (C=O) groups is 1. The van der Waals surface area contributed by atoms with Gasteiger partial charge < -0.3 is 10.1 Å². The molecule has 0 bridgehead atoms. The van der Waals surface area contributed by atoms with E-state index < -0.39 is 0 Å². The third-order valence-corrected chi connectivity index (χ3v) is 2.70. The number of carbonyl (C=O) groups excluding carboxylic acids is 1. The number of hydrogen-bond donors (Lipinski definition) is 1. The largest absolute Gasteiger partial charge is 0.465 e. The summed E-state index contributed by atoms with van der Waals surface area (Å²) < 4.78 is 4.86. The average molecular weight is 199 g/mol. The molecule has 0 amide bonds. The molecule has 1 saturated carbocycles. The van der Waals surface area contributed by atoms with Crippen LogP contribution in [-0.4, -0.2) is 25.2 Å². The van der Waals surface area contributed by atoms with Gasteiger partial charge in [-0.15, -0.1) is 0 Å². The Bertz CT molecular complexity index is 163. The molecular weight excluding hydrogens is 178 g/mol. The first-order valence-electron chi connectivity index (χ1n) is 5.72. The molecule has 14 heavy (non-hydrogen) atoms. The van der Waals surface area contributed by atoms with Crippen LogP contribution >= 0.6 is 0 Å². The quantitative estimate of drug-likeness (QED) is 0.555. The van der Waals surface area contributed by atoms with Gasteiger partial charge in [0.15, 0.2) is 0 Å². The molecule has 0 radical (unpaired) electrons. The molecule has 0 atom stereocenters. The van der Waals surface area contributed by atoms with Crippen molar-refractivity contribution in [1.82, 2.24) is 5.32 Å². The van der Waals surface area contributed by atoms with Crippen molar-refractivity contribution in [2.75, 3.05) is 13.2 Å². The molecule has 1 N–H and O–H groups in total. The lowest BCUT2D eigenvalue weighted by atomic mass is 10.1. The van der Waals surface area contributed by atoms with Crippen LogP contribution in [0.3, 0.4) is 0 Å². The molecule has 82 valence electrons.